The average molecular weight is 430 g/mol. The Kier molecular flexibility index (Phi) is 5.43. The second-order valence-electron chi connectivity index (χ2n) is 7.09. The summed E-state index contributed by atoms with van der Waals surface area (Å²) in [5, 5.41) is 22.1. The molecule has 0 spiro atoms. The minimum atomic E-state index is -0.983. The van der Waals surface area contributed by atoms with Crippen LogP contribution < -0.4 is 9.64 Å². The molecule has 4 rings (SSSR count). The Hall–Kier alpha value is -4.46. The molecule has 1 atom stereocenters. The molecule has 1 fully saturated rings. The van der Waals surface area contributed by atoms with Gasteiger partial charge in [0.25, 0.3) is 17.4 Å². The van der Waals surface area contributed by atoms with Crippen molar-refractivity contribution in [3.05, 3.63) is 106 Å². The van der Waals surface area contributed by atoms with Crippen molar-refractivity contribution < 1.29 is 24.4 Å². The van der Waals surface area contributed by atoms with Gasteiger partial charge in [0, 0.05) is 29.4 Å². The number of methoxy groups -OCH3 is 1. The zero-order chi connectivity index (χ0) is 22.8. The summed E-state index contributed by atoms with van der Waals surface area (Å²) in [6.45, 7) is 0. The third-order valence-corrected chi connectivity index (χ3v) is 5.24. The molecule has 32 heavy (non-hydrogen) atoms. The molecule has 1 unspecified atom stereocenters. The van der Waals surface area contributed by atoms with Gasteiger partial charge in [-0.15, -0.1) is 0 Å². The molecule has 0 radical (unpaired) electrons. The number of carbonyl (C=O) groups excluding carboxylic acids is 2. The maximum Gasteiger partial charge on any atom is 0.300 e. The van der Waals surface area contributed by atoms with Crippen LogP contribution in [0.2, 0.25) is 0 Å². The van der Waals surface area contributed by atoms with Gasteiger partial charge in [-0.3, -0.25) is 24.6 Å². The molecule has 0 saturated carbocycles. The summed E-state index contributed by atoms with van der Waals surface area (Å²) >= 11 is 0. The maximum atomic E-state index is 13.1. The SMILES string of the molecule is COc1cccc(N2C(=O)C(=O)/C(=C(\O)c3ccccc3)C2c2ccc([N+](=O)[O-])cc2)c1. The van der Waals surface area contributed by atoms with E-state index in [1.807, 2.05) is 0 Å². The van der Waals surface area contributed by atoms with Crippen LogP contribution >= 0.6 is 0 Å². The second kappa shape index (κ2) is 8.35. The van der Waals surface area contributed by atoms with Crippen LogP contribution in [0.3, 0.4) is 0 Å². The third-order valence-electron chi connectivity index (χ3n) is 5.24. The minimum absolute atomic E-state index is 0.0992. The Bertz CT molecular complexity index is 1230. The van der Waals surface area contributed by atoms with E-state index in [1.54, 1.807) is 54.6 Å². The highest BCUT2D eigenvalue weighted by molar-refractivity contribution is 6.51. The van der Waals surface area contributed by atoms with E-state index in [0.29, 0.717) is 22.6 Å². The first kappa shape index (κ1) is 20.8. The predicted octanol–water partition coefficient (Wildman–Crippen LogP) is 4.23. The molecule has 1 amide bonds. The van der Waals surface area contributed by atoms with Gasteiger partial charge >= 0.3 is 0 Å². The lowest BCUT2D eigenvalue weighted by atomic mass is 9.95. The molecule has 160 valence electrons. The number of nitro groups is 1. The van der Waals surface area contributed by atoms with E-state index in [1.165, 1.54) is 36.3 Å². The quantitative estimate of drug-likeness (QED) is 0.213. The number of ketones is 1. The highest BCUT2D eigenvalue weighted by Crippen LogP contribution is 2.43. The molecular formula is C24H18N2O6. The van der Waals surface area contributed by atoms with E-state index in [4.69, 9.17) is 4.74 Å². The van der Waals surface area contributed by atoms with Crippen molar-refractivity contribution in [2.24, 2.45) is 0 Å². The Morgan fingerprint density at radius 1 is 1.00 bits per heavy atom. The average Bonchev–Trinajstić information content (AvgIpc) is 3.09. The number of amides is 1. The zero-order valence-electron chi connectivity index (χ0n) is 17.0. The van der Waals surface area contributed by atoms with Gasteiger partial charge in [-0.2, -0.15) is 0 Å². The molecule has 1 heterocycles. The standard InChI is InChI=1S/C24H18N2O6/c1-32-19-9-5-8-18(14-19)25-21(15-10-12-17(13-11-15)26(30)31)20(23(28)24(25)29)22(27)16-6-3-2-4-7-16/h2-14,21,27H,1H3/b22-20-. The van der Waals surface area contributed by atoms with Crippen LogP contribution in [0, 0.1) is 10.1 Å². The van der Waals surface area contributed by atoms with Crippen LogP contribution in [0.15, 0.2) is 84.4 Å². The molecular weight excluding hydrogens is 412 g/mol. The summed E-state index contributed by atoms with van der Waals surface area (Å²) in [6.07, 6.45) is 0. The molecule has 3 aromatic rings. The summed E-state index contributed by atoms with van der Waals surface area (Å²) in [6, 6.07) is 19.6. The minimum Gasteiger partial charge on any atom is -0.507 e. The van der Waals surface area contributed by atoms with Crippen LogP contribution in [0.1, 0.15) is 17.2 Å². The molecule has 3 aromatic carbocycles. The molecule has 8 heteroatoms. The van der Waals surface area contributed by atoms with Gasteiger partial charge in [-0.1, -0.05) is 36.4 Å². The number of non-ortho nitro benzene ring substituents is 1. The second-order valence-corrected chi connectivity index (χ2v) is 7.09. The lowest BCUT2D eigenvalue weighted by molar-refractivity contribution is -0.384. The van der Waals surface area contributed by atoms with E-state index in [9.17, 15) is 24.8 Å². The van der Waals surface area contributed by atoms with Crippen molar-refractivity contribution in [2.75, 3.05) is 12.0 Å². The van der Waals surface area contributed by atoms with Gasteiger partial charge in [0.1, 0.15) is 11.5 Å². The number of aliphatic hydroxyl groups excluding tert-OH is 1. The summed E-state index contributed by atoms with van der Waals surface area (Å²) in [5.41, 5.74) is 0.980. The highest BCUT2D eigenvalue weighted by atomic mass is 16.6. The Balaban J connectivity index is 1.93. The first-order valence-electron chi connectivity index (χ1n) is 9.67. The fourth-order valence-corrected chi connectivity index (χ4v) is 3.70. The number of benzene rings is 3. The number of carbonyl (C=O) groups is 2. The van der Waals surface area contributed by atoms with Crippen LogP contribution in [0.4, 0.5) is 11.4 Å². The van der Waals surface area contributed by atoms with Gasteiger partial charge in [0.2, 0.25) is 0 Å². The van der Waals surface area contributed by atoms with Crippen LogP contribution in [-0.2, 0) is 9.59 Å². The number of anilines is 1. The van der Waals surface area contributed by atoms with Gasteiger partial charge in [-0.25, -0.2) is 0 Å². The number of ether oxygens (including phenoxy) is 1. The van der Waals surface area contributed by atoms with Crippen molar-refractivity contribution >= 4 is 28.8 Å². The fraction of sp³-hybridized carbons (Fsp3) is 0.0833. The van der Waals surface area contributed by atoms with Crippen LogP contribution in [-0.4, -0.2) is 28.8 Å². The van der Waals surface area contributed by atoms with Crippen LogP contribution in [0.25, 0.3) is 5.76 Å². The number of aliphatic hydroxyl groups is 1. The molecule has 8 nitrogen and oxygen atoms in total. The zero-order valence-corrected chi connectivity index (χ0v) is 17.0. The van der Waals surface area contributed by atoms with Crippen LogP contribution in [0.5, 0.6) is 5.75 Å². The lowest BCUT2D eigenvalue weighted by Gasteiger charge is -2.25. The monoisotopic (exact) mass is 430 g/mol. The lowest BCUT2D eigenvalue weighted by Crippen LogP contribution is -2.29. The topological polar surface area (TPSA) is 110 Å². The Morgan fingerprint density at radius 2 is 1.69 bits per heavy atom. The number of rotatable bonds is 5. The molecule has 1 aliphatic heterocycles. The number of hydrogen-bond donors (Lipinski definition) is 1. The third kappa shape index (κ3) is 3.58. The molecule has 1 aliphatic rings. The van der Waals surface area contributed by atoms with Crippen molar-refractivity contribution in [3.8, 4) is 5.75 Å². The number of nitro benzene ring substituents is 1. The highest BCUT2D eigenvalue weighted by Gasteiger charge is 2.47. The molecule has 1 saturated heterocycles. The Labute approximate surface area is 183 Å². The smallest absolute Gasteiger partial charge is 0.300 e. The number of nitrogens with zero attached hydrogens (tertiary/aromatic N) is 2. The maximum absolute atomic E-state index is 13.1. The Morgan fingerprint density at radius 3 is 2.31 bits per heavy atom. The molecule has 0 bridgehead atoms. The van der Waals surface area contributed by atoms with Gasteiger partial charge < -0.3 is 9.84 Å². The van der Waals surface area contributed by atoms with E-state index >= 15 is 0 Å². The largest absolute Gasteiger partial charge is 0.507 e. The van der Waals surface area contributed by atoms with Gasteiger partial charge in [0.15, 0.2) is 0 Å². The van der Waals surface area contributed by atoms with Crippen molar-refractivity contribution in [1.82, 2.24) is 0 Å². The summed E-state index contributed by atoms with van der Waals surface area (Å²) in [4.78, 5) is 38.0. The van der Waals surface area contributed by atoms with Gasteiger partial charge in [0.05, 0.1) is 23.6 Å². The summed E-state index contributed by atoms with van der Waals surface area (Å²) in [5.74, 6) is -1.51. The van der Waals surface area contributed by atoms with Crippen molar-refractivity contribution in [3.63, 3.8) is 0 Å². The van der Waals surface area contributed by atoms with Crippen molar-refractivity contribution in [1.29, 1.82) is 0 Å². The molecule has 1 N–H and O–H groups in total. The number of hydrogen-bond acceptors (Lipinski definition) is 6. The molecule has 0 aromatic heterocycles. The van der Waals surface area contributed by atoms with Gasteiger partial charge in [-0.05, 0) is 29.8 Å². The first-order valence-corrected chi connectivity index (χ1v) is 9.67. The summed E-state index contributed by atoms with van der Waals surface area (Å²) in [7, 11) is 1.48. The summed E-state index contributed by atoms with van der Waals surface area (Å²) < 4.78 is 5.24. The molecule has 0 aliphatic carbocycles. The van der Waals surface area contributed by atoms with E-state index in [2.05, 4.69) is 0 Å². The van der Waals surface area contributed by atoms with E-state index in [-0.39, 0.29) is 17.0 Å². The fourth-order valence-electron chi connectivity index (χ4n) is 3.70. The number of Topliss-reactive ketones (excluding diaryl/α,β-unsaturated/α-hetero) is 1. The first-order chi connectivity index (χ1) is 15.4. The normalized spacial score (nSPS) is 17.4. The van der Waals surface area contributed by atoms with E-state index in [0.717, 1.165) is 0 Å². The van der Waals surface area contributed by atoms with E-state index < -0.39 is 22.7 Å². The predicted molar refractivity (Wildman–Crippen MR) is 117 cm³/mol. The van der Waals surface area contributed by atoms with Crippen molar-refractivity contribution in [2.45, 2.75) is 6.04 Å².